The zero-order valence-electron chi connectivity index (χ0n) is 26.8. The van der Waals surface area contributed by atoms with E-state index in [9.17, 15) is 9.18 Å². The Bertz CT molecular complexity index is 1750. The minimum absolute atomic E-state index is 0.0165. The van der Waals surface area contributed by atoms with E-state index < -0.39 is 17.7 Å². The van der Waals surface area contributed by atoms with Crippen LogP contribution in [-0.2, 0) is 4.79 Å². The van der Waals surface area contributed by atoms with E-state index in [-0.39, 0.29) is 23.7 Å². The summed E-state index contributed by atoms with van der Waals surface area (Å²) in [6, 6.07) is 10.0. The average molecular weight is 649 g/mol. The fraction of sp³-hybridized carbons (Fsp3) is 0.364. The maximum Gasteiger partial charge on any atom is 0.290 e. The first-order valence-corrected chi connectivity index (χ1v) is 15.1. The van der Waals surface area contributed by atoms with Crippen LogP contribution in [0.3, 0.4) is 0 Å². The Morgan fingerprint density at radius 1 is 1.17 bits per heavy atom. The molecule has 4 aromatic rings. The van der Waals surface area contributed by atoms with Gasteiger partial charge < -0.3 is 25.0 Å². The summed E-state index contributed by atoms with van der Waals surface area (Å²) >= 11 is 0. The Labute approximate surface area is 271 Å². The second-order valence-electron chi connectivity index (χ2n) is 11.3. The molecule has 1 unspecified atom stereocenters. The van der Waals surface area contributed by atoms with Gasteiger partial charge in [-0.05, 0) is 83.3 Å². The number of imidazole rings is 1. The molecule has 3 heterocycles. The van der Waals surface area contributed by atoms with Crippen LogP contribution in [0.15, 0.2) is 48.9 Å². The zero-order chi connectivity index (χ0) is 34.1. The third kappa shape index (κ3) is 8.37. The van der Waals surface area contributed by atoms with Gasteiger partial charge in [-0.1, -0.05) is 0 Å². The number of hydrogen-bond donors (Lipinski definition) is 2. The highest BCUT2D eigenvalue weighted by Gasteiger charge is 2.24. The van der Waals surface area contributed by atoms with Crippen LogP contribution >= 0.6 is 0 Å². The lowest BCUT2D eigenvalue weighted by atomic mass is 10.1. The molecule has 2 N–H and O–H groups in total. The predicted molar refractivity (Wildman–Crippen MR) is 173 cm³/mol. The molecule has 5 rings (SSSR count). The topological polar surface area (TPSA) is 139 Å². The average Bonchev–Trinajstić information content (AvgIpc) is 3.48. The highest BCUT2D eigenvalue weighted by molar-refractivity contribution is 5.96. The number of fused-ring (bicyclic) bond motifs is 1. The van der Waals surface area contributed by atoms with Gasteiger partial charge in [0, 0.05) is 55.4 Å². The molecule has 12 nitrogen and oxygen atoms in total. The molecule has 0 spiro atoms. The van der Waals surface area contributed by atoms with Crippen LogP contribution in [-0.4, -0.2) is 106 Å². The Balaban J connectivity index is 0.00000160. The number of rotatable bonds is 10. The van der Waals surface area contributed by atoms with Crippen molar-refractivity contribution in [1.82, 2.24) is 29.1 Å². The number of benzene rings is 2. The van der Waals surface area contributed by atoms with Crippen LogP contribution in [0.5, 0.6) is 5.75 Å². The lowest BCUT2D eigenvalue weighted by Gasteiger charge is -2.35. The highest BCUT2D eigenvalue weighted by atomic mass is 19.2. The Morgan fingerprint density at radius 2 is 1.89 bits per heavy atom. The van der Waals surface area contributed by atoms with Crippen molar-refractivity contribution in [3.05, 3.63) is 71.7 Å². The first-order valence-electron chi connectivity index (χ1n) is 15.1. The number of carbonyl (C=O) groups is 2. The van der Waals surface area contributed by atoms with Crippen molar-refractivity contribution in [2.24, 2.45) is 0 Å². The molecule has 1 amide bonds. The quantitative estimate of drug-likeness (QED) is 0.238. The van der Waals surface area contributed by atoms with Crippen molar-refractivity contribution in [3.8, 4) is 23.1 Å². The molecular formula is C33H38F2N8O4. The van der Waals surface area contributed by atoms with Gasteiger partial charge in [-0.25, -0.2) is 14.4 Å². The largest absolute Gasteiger partial charge is 0.483 e. The SMILES string of the molecule is Cc1cc(Nc2nccn3c(-c4ccc(OC(C)C#N)c(F)c4F)cnc23)ccc1C(=O)N1CCN(CCCN(C)C)CC1.O=CO. The van der Waals surface area contributed by atoms with Gasteiger partial charge in [0.05, 0.1) is 11.9 Å². The van der Waals surface area contributed by atoms with Crippen LogP contribution in [0.4, 0.5) is 20.3 Å². The fourth-order valence-corrected chi connectivity index (χ4v) is 5.32. The summed E-state index contributed by atoms with van der Waals surface area (Å²) in [5.41, 5.74) is 2.89. The number of anilines is 2. The molecule has 14 heteroatoms. The second kappa shape index (κ2) is 15.9. The van der Waals surface area contributed by atoms with Gasteiger partial charge in [0.15, 0.2) is 29.1 Å². The van der Waals surface area contributed by atoms with Crippen LogP contribution < -0.4 is 10.1 Å². The number of ether oxygens (including phenoxy) is 1. The molecule has 2 aromatic heterocycles. The van der Waals surface area contributed by atoms with E-state index in [2.05, 4.69) is 39.2 Å². The first-order chi connectivity index (χ1) is 22.6. The second-order valence-corrected chi connectivity index (χ2v) is 11.3. The number of piperazine rings is 1. The Kier molecular flexibility index (Phi) is 11.8. The number of carbonyl (C=O) groups excluding carboxylic acids is 1. The molecule has 0 bridgehead atoms. The van der Waals surface area contributed by atoms with E-state index in [1.54, 1.807) is 10.6 Å². The van der Waals surface area contributed by atoms with Crippen molar-refractivity contribution in [1.29, 1.82) is 5.26 Å². The van der Waals surface area contributed by atoms with Crippen molar-refractivity contribution >= 4 is 29.5 Å². The van der Waals surface area contributed by atoms with Crippen molar-refractivity contribution in [3.63, 3.8) is 0 Å². The number of nitriles is 1. The lowest BCUT2D eigenvalue weighted by Crippen LogP contribution is -2.49. The molecule has 1 aliphatic rings. The molecule has 1 fully saturated rings. The molecular weight excluding hydrogens is 610 g/mol. The van der Waals surface area contributed by atoms with Crippen molar-refractivity contribution in [2.75, 3.05) is 58.7 Å². The zero-order valence-corrected chi connectivity index (χ0v) is 26.8. The standard InChI is InChI=1S/C32H36F2N8O2.CH2O2/c1-21-18-23(6-7-24(21)32(43)41-16-14-40(15-17-41)12-5-11-39(3)4)38-30-31-37-20-26(42(31)13-10-36-30)25-8-9-27(29(34)28(25)33)44-22(2)19-35;2-1-3/h6-10,13,18,20,22H,5,11-12,14-17H2,1-4H3,(H,36,38);1H,(H,2,3). The van der Waals surface area contributed by atoms with Gasteiger partial charge >= 0.3 is 0 Å². The molecule has 0 radical (unpaired) electrons. The summed E-state index contributed by atoms with van der Waals surface area (Å²) in [7, 11) is 4.16. The van der Waals surface area contributed by atoms with E-state index in [0.717, 1.165) is 38.2 Å². The summed E-state index contributed by atoms with van der Waals surface area (Å²) < 4.78 is 36.6. The van der Waals surface area contributed by atoms with Gasteiger partial charge in [0.25, 0.3) is 12.4 Å². The van der Waals surface area contributed by atoms with E-state index in [0.29, 0.717) is 41.5 Å². The van der Waals surface area contributed by atoms with Gasteiger partial charge in [-0.15, -0.1) is 0 Å². The predicted octanol–water partition coefficient (Wildman–Crippen LogP) is 4.43. The maximum atomic E-state index is 15.1. The minimum atomic E-state index is -1.18. The first kappa shape index (κ1) is 34.7. The molecule has 0 saturated carbocycles. The third-order valence-corrected chi connectivity index (χ3v) is 7.70. The number of nitrogens with one attached hydrogen (secondary N) is 1. The van der Waals surface area contributed by atoms with E-state index in [4.69, 9.17) is 19.9 Å². The van der Waals surface area contributed by atoms with Gasteiger partial charge in [-0.2, -0.15) is 9.65 Å². The number of halogens is 2. The molecule has 248 valence electrons. The maximum absolute atomic E-state index is 15.1. The van der Waals surface area contributed by atoms with Crippen molar-refractivity contribution < 1.29 is 28.2 Å². The monoisotopic (exact) mass is 648 g/mol. The van der Waals surface area contributed by atoms with Crippen LogP contribution in [0, 0.1) is 29.9 Å². The summed E-state index contributed by atoms with van der Waals surface area (Å²) in [5.74, 6) is -2.20. The van der Waals surface area contributed by atoms with E-state index >= 15 is 4.39 Å². The van der Waals surface area contributed by atoms with Gasteiger partial charge in [0.1, 0.15) is 6.07 Å². The number of nitrogens with zero attached hydrogens (tertiary/aromatic N) is 7. The molecule has 1 atom stereocenters. The Hall–Kier alpha value is -5.13. The number of carboxylic acid groups (broad SMARTS) is 1. The number of aryl methyl sites for hydroxylation is 1. The molecule has 2 aromatic carbocycles. The van der Waals surface area contributed by atoms with Crippen LogP contribution in [0.2, 0.25) is 0 Å². The Morgan fingerprint density at radius 3 is 2.55 bits per heavy atom. The van der Waals surface area contributed by atoms with E-state index in [1.165, 1.54) is 31.5 Å². The number of aromatic nitrogens is 3. The molecule has 1 aliphatic heterocycles. The minimum Gasteiger partial charge on any atom is -0.483 e. The highest BCUT2D eigenvalue weighted by Crippen LogP contribution is 2.32. The van der Waals surface area contributed by atoms with Crippen LogP contribution in [0.1, 0.15) is 29.3 Å². The van der Waals surface area contributed by atoms with E-state index in [1.807, 2.05) is 36.1 Å². The summed E-state index contributed by atoms with van der Waals surface area (Å²) in [5, 5.41) is 19.1. The number of hydrogen-bond acceptors (Lipinski definition) is 9. The smallest absolute Gasteiger partial charge is 0.290 e. The number of amides is 1. The summed E-state index contributed by atoms with van der Waals surface area (Å²) in [4.78, 5) is 37.0. The lowest BCUT2D eigenvalue weighted by molar-refractivity contribution is -0.122. The molecule has 0 aliphatic carbocycles. The van der Waals surface area contributed by atoms with Gasteiger partial charge in [-0.3, -0.25) is 18.9 Å². The normalized spacial score (nSPS) is 13.9. The summed E-state index contributed by atoms with van der Waals surface area (Å²) in [6.45, 7) is 8.33. The van der Waals surface area contributed by atoms with Gasteiger partial charge in [0.2, 0.25) is 5.82 Å². The van der Waals surface area contributed by atoms with Crippen LogP contribution in [0.25, 0.3) is 16.9 Å². The summed E-state index contributed by atoms with van der Waals surface area (Å²) in [6.07, 6.45) is 4.76. The molecule has 47 heavy (non-hydrogen) atoms. The third-order valence-electron chi connectivity index (χ3n) is 7.70. The van der Waals surface area contributed by atoms with Crippen molar-refractivity contribution in [2.45, 2.75) is 26.4 Å². The molecule has 1 saturated heterocycles. The fourth-order valence-electron chi connectivity index (χ4n) is 5.32.